The summed E-state index contributed by atoms with van der Waals surface area (Å²) in [5.74, 6) is 0.998. The lowest BCUT2D eigenvalue weighted by Gasteiger charge is -2.31. The molecule has 1 aliphatic heterocycles. The van der Waals surface area contributed by atoms with Crippen molar-refractivity contribution in [2.75, 3.05) is 25.0 Å². The first-order valence-corrected chi connectivity index (χ1v) is 9.29. The number of piperidine rings is 1. The maximum absolute atomic E-state index is 12.2. The summed E-state index contributed by atoms with van der Waals surface area (Å²) in [4.78, 5) is 26.0. The van der Waals surface area contributed by atoms with Crippen molar-refractivity contribution < 1.29 is 14.0 Å². The minimum atomic E-state index is -0.253. The monoisotopic (exact) mass is 387 g/mol. The molecule has 1 saturated heterocycles. The maximum Gasteiger partial charge on any atom is 0.319 e. The van der Waals surface area contributed by atoms with Crippen molar-refractivity contribution in [3.63, 3.8) is 0 Å². The molecule has 27 heavy (non-hydrogen) atoms. The molecule has 2 heterocycles. The topological polar surface area (TPSA) is 74.6 Å². The number of hydrogen-bond donors (Lipinski definition) is 2. The molecular weight excluding hydrogens is 366 g/mol. The summed E-state index contributed by atoms with van der Waals surface area (Å²) in [7, 11) is 0. The largest absolute Gasteiger partial charge is 0.465 e. The van der Waals surface area contributed by atoms with Crippen molar-refractivity contribution in [3.8, 4) is 0 Å². The van der Waals surface area contributed by atoms with Gasteiger partial charge in [0.2, 0.25) is 5.91 Å². The van der Waals surface area contributed by atoms with E-state index in [0.29, 0.717) is 42.0 Å². The van der Waals surface area contributed by atoms with E-state index < -0.39 is 0 Å². The molecule has 1 aromatic carbocycles. The van der Waals surface area contributed by atoms with Gasteiger partial charge >= 0.3 is 6.03 Å². The number of likely N-dealkylation sites (tertiary alicyclic amines) is 1. The Morgan fingerprint density at radius 1 is 1.22 bits per heavy atom. The Morgan fingerprint density at radius 3 is 2.74 bits per heavy atom. The van der Waals surface area contributed by atoms with E-state index in [1.807, 2.05) is 4.90 Å². The molecule has 2 N–H and O–H groups in total. The van der Waals surface area contributed by atoms with Gasteiger partial charge in [0.25, 0.3) is 0 Å². The fraction of sp³-hybridized carbons (Fsp3) is 0.300. The molecule has 0 spiro atoms. The Labute approximate surface area is 163 Å². The van der Waals surface area contributed by atoms with Gasteiger partial charge in [0.1, 0.15) is 5.76 Å². The zero-order chi connectivity index (χ0) is 19.1. The predicted molar refractivity (Wildman–Crippen MR) is 106 cm³/mol. The van der Waals surface area contributed by atoms with Crippen molar-refractivity contribution in [3.05, 3.63) is 59.5 Å². The average Bonchev–Trinajstić information content (AvgIpc) is 3.18. The fourth-order valence-corrected chi connectivity index (χ4v) is 3.17. The van der Waals surface area contributed by atoms with Crippen LogP contribution in [0.2, 0.25) is 5.02 Å². The van der Waals surface area contributed by atoms with Crippen LogP contribution in [0.5, 0.6) is 0 Å². The second-order valence-electron chi connectivity index (χ2n) is 6.46. The standard InChI is InChI=1S/C20H22ClN3O3/c21-16-3-1-4-17(13-16)23-20(26)22-14-15-8-10-24(11-9-15)19(25)7-6-18-5-2-12-27-18/h1-7,12-13,15H,8-11,14H2,(H2,22,23,26)/b7-6+. The second kappa shape index (κ2) is 9.28. The highest BCUT2D eigenvalue weighted by Crippen LogP contribution is 2.18. The van der Waals surface area contributed by atoms with Crippen LogP contribution in [0, 0.1) is 5.92 Å². The van der Waals surface area contributed by atoms with E-state index in [9.17, 15) is 9.59 Å². The number of hydrogen-bond acceptors (Lipinski definition) is 3. The van der Waals surface area contributed by atoms with E-state index >= 15 is 0 Å². The summed E-state index contributed by atoms with van der Waals surface area (Å²) in [6.45, 7) is 1.95. The number of nitrogens with zero attached hydrogens (tertiary/aromatic N) is 1. The third kappa shape index (κ3) is 5.89. The van der Waals surface area contributed by atoms with Crippen LogP contribution in [0.15, 0.2) is 53.2 Å². The summed E-state index contributed by atoms with van der Waals surface area (Å²) < 4.78 is 5.18. The van der Waals surface area contributed by atoms with Gasteiger partial charge in [0.05, 0.1) is 6.26 Å². The van der Waals surface area contributed by atoms with Crippen molar-refractivity contribution in [1.82, 2.24) is 10.2 Å². The van der Waals surface area contributed by atoms with Gasteiger partial charge in [-0.25, -0.2) is 4.79 Å². The van der Waals surface area contributed by atoms with Crippen LogP contribution >= 0.6 is 11.6 Å². The molecular formula is C20H22ClN3O3. The first-order valence-electron chi connectivity index (χ1n) is 8.91. The Balaban J connectivity index is 1.38. The molecule has 0 aliphatic carbocycles. The molecule has 1 aliphatic rings. The van der Waals surface area contributed by atoms with E-state index in [4.69, 9.17) is 16.0 Å². The Morgan fingerprint density at radius 2 is 2.04 bits per heavy atom. The zero-order valence-corrected chi connectivity index (χ0v) is 15.6. The summed E-state index contributed by atoms with van der Waals surface area (Å²) in [5, 5.41) is 6.22. The normalized spacial score (nSPS) is 15.1. The lowest BCUT2D eigenvalue weighted by Crippen LogP contribution is -2.41. The van der Waals surface area contributed by atoms with Crippen LogP contribution in [0.3, 0.4) is 0 Å². The van der Waals surface area contributed by atoms with Gasteiger partial charge < -0.3 is 20.0 Å². The number of furan rings is 1. The minimum absolute atomic E-state index is 0.0171. The molecule has 3 rings (SSSR count). The van der Waals surface area contributed by atoms with Crippen LogP contribution in [0.25, 0.3) is 6.08 Å². The van der Waals surface area contributed by atoms with E-state index in [2.05, 4.69) is 10.6 Å². The average molecular weight is 388 g/mol. The van der Waals surface area contributed by atoms with Crippen LogP contribution < -0.4 is 10.6 Å². The number of urea groups is 1. The molecule has 3 amide bonds. The van der Waals surface area contributed by atoms with Crippen molar-refractivity contribution in [2.45, 2.75) is 12.8 Å². The highest BCUT2D eigenvalue weighted by atomic mass is 35.5. The summed E-state index contributed by atoms with van der Waals surface area (Å²) in [6, 6.07) is 10.3. The molecule has 0 atom stereocenters. The Kier molecular flexibility index (Phi) is 6.54. The third-order valence-corrected chi connectivity index (χ3v) is 4.73. The van der Waals surface area contributed by atoms with Gasteiger partial charge in [0, 0.05) is 36.4 Å². The number of amides is 3. The second-order valence-corrected chi connectivity index (χ2v) is 6.90. The SMILES string of the molecule is O=C(NCC1CCN(C(=O)/C=C/c2ccco2)CC1)Nc1cccc(Cl)c1. The van der Waals surface area contributed by atoms with Crippen LogP contribution in [-0.2, 0) is 4.79 Å². The Hall–Kier alpha value is -2.73. The number of carbonyl (C=O) groups excluding carboxylic acids is 2. The predicted octanol–water partition coefficient (Wildman–Crippen LogP) is 4.01. The third-order valence-electron chi connectivity index (χ3n) is 4.49. The molecule has 6 nitrogen and oxygen atoms in total. The number of anilines is 1. The molecule has 142 valence electrons. The number of nitrogens with one attached hydrogen (secondary N) is 2. The Bertz CT molecular complexity index is 797. The molecule has 7 heteroatoms. The number of rotatable bonds is 5. The molecule has 2 aromatic rings. The van der Waals surface area contributed by atoms with Crippen LogP contribution in [-0.4, -0.2) is 36.5 Å². The highest BCUT2D eigenvalue weighted by molar-refractivity contribution is 6.30. The van der Waals surface area contributed by atoms with Gasteiger partial charge in [-0.15, -0.1) is 0 Å². The molecule has 1 fully saturated rings. The molecule has 0 radical (unpaired) electrons. The van der Waals surface area contributed by atoms with Crippen LogP contribution in [0.4, 0.5) is 10.5 Å². The highest BCUT2D eigenvalue weighted by Gasteiger charge is 2.22. The molecule has 0 saturated carbocycles. The maximum atomic E-state index is 12.2. The van der Waals surface area contributed by atoms with Crippen molar-refractivity contribution >= 4 is 35.3 Å². The summed E-state index contributed by atoms with van der Waals surface area (Å²) in [5.41, 5.74) is 0.656. The van der Waals surface area contributed by atoms with Gasteiger partial charge in [-0.1, -0.05) is 17.7 Å². The number of carbonyl (C=O) groups is 2. The van der Waals surface area contributed by atoms with Crippen molar-refractivity contribution in [2.24, 2.45) is 5.92 Å². The van der Waals surface area contributed by atoms with Crippen LogP contribution in [0.1, 0.15) is 18.6 Å². The molecule has 0 bridgehead atoms. The number of benzene rings is 1. The lowest BCUT2D eigenvalue weighted by atomic mass is 9.97. The summed E-state index contributed by atoms with van der Waals surface area (Å²) in [6.07, 6.45) is 6.51. The number of halogens is 1. The first kappa shape index (κ1) is 19.0. The van der Waals surface area contributed by atoms with E-state index in [0.717, 1.165) is 12.8 Å². The fourth-order valence-electron chi connectivity index (χ4n) is 2.98. The van der Waals surface area contributed by atoms with E-state index in [-0.39, 0.29) is 11.9 Å². The van der Waals surface area contributed by atoms with Crippen molar-refractivity contribution in [1.29, 1.82) is 0 Å². The van der Waals surface area contributed by atoms with Gasteiger partial charge in [-0.3, -0.25) is 4.79 Å². The molecule has 1 aromatic heterocycles. The first-order chi connectivity index (χ1) is 13.1. The smallest absolute Gasteiger partial charge is 0.319 e. The van der Waals surface area contributed by atoms with Gasteiger partial charge in [-0.2, -0.15) is 0 Å². The van der Waals surface area contributed by atoms with E-state index in [1.165, 1.54) is 6.08 Å². The lowest BCUT2D eigenvalue weighted by molar-refractivity contribution is -0.127. The quantitative estimate of drug-likeness (QED) is 0.761. The van der Waals surface area contributed by atoms with Gasteiger partial charge in [-0.05, 0) is 55.2 Å². The minimum Gasteiger partial charge on any atom is -0.465 e. The molecule has 0 unspecified atom stereocenters. The van der Waals surface area contributed by atoms with Gasteiger partial charge in [0.15, 0.2) is 0 Å². The zero-order valence-electron chi connectivity index (χ0n) is 14.9. The van der Waals surface area contributed by atoms with E-state index in [1.54, 1.807) is 48.7 Å². The summed E-state index contributed by atoms with van der Waals surface area (Å²) >= 11 is 5.90.